The lowest BCUT2D eigenvalue weighted by molar-refractivity contribution is -0.288. The van der Waals surface area contributed by atoms with Crippen molar-refractivity contribution in [1.82, 2.24) is 0 Å². The number of halogens is 7. The van der Waals surface area contributed by atoms with Crippen LogP contribution < -0.4 is 20.9 Å². The fraction of sp³-hybridized carbons (Fsp3) is 0.111. The van der Waals surface area contributed by atoms with Gasteiger partial charge < -0.3 is 20.9 Å². The highest BCUT2D eigenvalue weighted by Crippen LogP contribution is 2.56. The average Bonchev–Trinajstić information content (AvgIpc) is 2.83. The molecule has 0 saturated carbocycles. The van der Waals surface area contributed by atoms with Crippen molar-refractivity contribution in [2.24, 2.45) is 0 Å². The van der Waals surface area contributed by atoms with E-state index >= 15 is 0 Å². The Balaban J connectivity index is 1.72. The SMILES string of the molecule is Nc1ccc(Oc2ccc(C(c3ccc(Oc4ccc(N)cc4F)cc3)(C(F)(F)F)C(F)(F)F)cc2)cc1. The van der Waals surface area contributed by atoms with Gasteiger partial charge in [0.15, 0.2) is 11.6 Å². The summed E-state index contributed by atoms with van der Waals surface area (Å²) in [5.74, 6) is -1.02. The molecule has 0 aromatic heterocycles. The van der Waals surface area contributed by atoms with Gasteiger partial charge in [0.05, 0.1) is 0 Å². The molecule has 4 aromatic rings. The van der Waals surface area contributed by atoms with Crippen molar-refractivity contribution in [3.63, 3.8) is 0 Å². The summed E-state index contributed by atoms with van der Waals surface area (Å²) in [4.78, 5) is 0. The highest BCUT2D eigenvalue weighted by molar-refractivity contribution is 5.49. The number of hydrogen-bond acceptors (Lipinski definition) is 4. The van der Waals surface area contributed by atoms with Crippen LogP contribution in [0.1, 0.15) is 11.1 Å². The Morgan fingerprint density at radius 3 is 1.32 bits per heavy atom. The Kier molecular flexibility index (Phi) is 6.88. The fourth-order valence-corrected chi connectivity index (χ4v) is 3.93. The van der Waals surface area contributed by atoms with Crippen LogP contribution in [0.25, 0.3) is 0 Å². The molecule has 0 aliphatic heterocycles. The van der Waals surface area contributed by atoms with Crippen molar-refractivity contribution < 1.29 is 40.2 Å². The van der Waals surface area contributed by atoms with Crippen LogP contribution in [-0.2, 0) is 5.41 Å². The maximum Gasteiger partial charge on any atom is 0.411 e. The minimum Gasteiger partial charge on any atom is -0.457 e. The summed E-state index contributed by atoms with van der Waals surface area (Å²) in [5, 5.41) is 0. The molecule has 0 fully saturated rings. The summed E-state index contributed by atoms with van der Waals surface area (Å²) < 4.78 is 111. The highest BCUT2D eigenvalue weighted by atomic mass is 19.4. The van der Waals surface area contributed by atoms with E-state index in [2.05, 4.69) is 0 Å². The zero-order valence-corrected chi connectivity index (χ0v) is 19.3. The van der Waals surface area contributed by atoms with Gasteiger partial charge in [-0.3, -0.25) is 0 Å². The first-order valence-electron chi connectivity index (χ1n) is 10.9. The molecule has 11 heteroatoms. The Morgan fingerprint density at radius 1 is 0.500 bits per heavy atom. The Morgan fingerprint density at radius 2 is 0.895 bits per heavy atom. The zero-order chi connectivity index (χ0) is 27.7. The molecular weight excluding hydrogens is 517 g/mol. The van der Waals surface area contributed by atoms with E-state index in [1.165, 1.54) is 36.4 Å². The average molecular weight is 536 g/mol. The standard InChI is InChI=1S/C27H19F7N2O2/c28-23-15-19(36)7-14-24(23)38-22-10-3-17(4-11-22)25(26(29,30)31,27(32,33)34)16-1-8-20(9-2-16)37-21-12-5-18(35)6-13-21/h1-15H,35-36H2. The smallest absolute Gasteiger partial charge is 0.411 e. The van der Waals surface area contributed by atoms with Crippen molar-refractivity contribution in [3.8, 4) is 23.0 Å². The van der Waals surface area contributed by atoms with Gasteiger partial charge in [0.1, 0.15) is 17.2 Å². The first kappa shape index (κ1) is 26.6. The quantitative estimate of drug-likeness (QED) is 0.194. The van der Waals surface area contributed by atoms with Crippen LogP contribution in [-0.4, -0.2) is 12.4 Å². The second-order valence-electron chi connectivity index (χ2n) is 8.26. The van der Waals surface area contributed by atoms with Crippen LogP contribution in [0.5, 0.6) is 23.0 Å². The Bertz CT molecular complexity index is 1390. The number of nitrogen functional groups attached to an aromatic ring is 2. The fourth-order valence-electron chi connectivity index (χ4n) is 3.93. The summed E-state index contributed by atoms with van der Waals surface area (Å²) >= 11 is 0. The van der Waals surface area contributed by atoms with E-state index in [-0.39, 0.29) is 28.7 Å². The number of hydrogen-bond donors (Lipinski definition) is 2. The molecule has 0 saturated heterocycles. The molecule has 4 aromatic carbocycles. The molecule has 0 heterocycles. The molecule has 0 radical (unpaired) electrons. The number of rotatable bonds is 6. The summed E-state index contributed by atoms with van der Waals surface area (Å²) in [6, 6.07) is 16.0. The minimum absolute atomic E-state index is 0.0195. The number of nitrogens with two attached hydrogens (primary N) is 2. The van der Waals surface area contributed by atoms with E-state index in [0.29, 0.717) is 30.0 Å². The van der Waals surface area contributed by atoms with E-state index < -0.39 is 34.7 Å². The van der Waals surface area contributed by atoms with Crippen molar-refractivity contribution in [2.75, 3.05) is 11.5 Å². The van der Waals surface area contributed by atoms with Gasteiger partial charge in [-0.05, 0) is 71.8 Å². The lowest BCUT2D eigenvalue weighted by atomic mass is 9.73. The number of ether oxygens (including phenoxy) is 2. The molecule has 0 amide bonds. The zero-order valence-electron chi connectivity index (χ0n) is 19.3. The van der Waals surface area contributed by atoms with Gasteiger partial charge in [0.2, 0.25) is 5.41 Å². The van der Waals surface area contributed by atoms with E-state index in [1.807, 2.05) is 0 Å². The first-order valence-corrected chi connectivity index (χ1v) is 10.9. The minimum atomic E-state index is -5.78. The normalized spacial score (nSPS) is 12.3. The monoisotopic (exact) mass is 536 g/mol. The molecule has 0 aliphatic carbocycles. The topological polar surface area (TPSA) is 70.5 Å². The maximum atomic E-state index is 14.4. The largest absolute Gasteiger partial charge is 0.457 e. The predicted molar refractivity (Wildman–Crippen MR) is 128 cm³/mol. The van der Waals surface area contributed by atoms with Gasteiger partial charge in [-0.15, -0.1) is 0 Å². The second kappa shape index (κ2) is 9.81. The van der Waals surface area contributed by atoms with Crippen molar-refractivity contribution in [1.29, 1.82) is 0 Å². The third kappa shape index (κ3) is 5.04. The van der Waals surface area contributed by atoms with E-state index in [1.54, 1.807) is 0 Å². The van der Waals surface area contributed by atoms with E-state index in [4.69, 9.17) is 20.9 Å². The van der Waals surface area contributed by atoms with Crippen molar-refractivity contribution >= 4 is 11.4 Å². The summed E-state index contributed by atoms with van der Waals surface area (Å²) in [6.45, 7) is 0. The lowest BCUT2D eigenvalue weighted by Crippen LogP contribution is -2.54. The molecule has 4 rings (SSSR count). The van der Waals surface area contributed by atoms with E-state index in [0.717, 1.165) is 30.3 Å². The molecule has 198 valence electrons. The van der Waals surface area contributed by atoms with Crippen molar-refractivity contribution in [2.45, 2.75) is 17.8 Å². The van der Waals surface area contributed by atoms with Crippen LogP contribution in [0.4, 0.5) is 42.1 Å². The number of alkyl halides is 6. The van der Waals surface area contributed by atoms with Crippen LogP contribution in [0.3, 0.4) is 0 Å². The van der Waals surface area contributed by atoms with Gasteiger partial charge in [-0.25, -0.2) is 4.39 Å². The lowest BCUT2D eigenvalue weighted by Gasteiger charge is -2.38. The molecule has 0 spiro atoms. The summed E-state index contributed by atoms with van der Waals surface area (Å²) in [6.07, 6.45) is -11.6. The molecule has 0 unspecified atom stereocenters. The number of benzene rings is 4. The number of anilines is 2. The Labute approximate surface area is 212 Å². The van der Waals surface area contributed by atoms with Crippen LogP contribution in [0.15, 0.2) is 91.0 Å². The Hall–Kier alpha value is -4.41. The van der Waals surface area contributed by atoms with Gasteiger partial charge in [0.25, 0.3) is 0 Å². The summed E-state index contributed by atoms with van der Waals surface area (Å²) in [5.41, 5.74) is 5.06. The highest BCUT2D eigenvalue weighted by Gasteiger charge is 2.72. The van der Waals surface area contributed by atoms with Gasteiger partial charge in [-0.2, -0.15) is 26.3 Å². The van der Waals surface area contributed by atoms with Gasteiger partial charge in [-0.1, -0.05) is 24.3 Å². The molecule has 4 nitrogen and oxygen atoms in total. The van der Waals surface area contributed by atoms with Crippen molar-refractivity contribution in [3.05, 3.63) is 108 Å². The second-order valence-corrected chi connectivity index (χ2v) is 8.26. The predicted octanol–water partition coefficient (Wildman–Crippen LogP) is 7.99. The first-order chi connectivity index (χ1) is 17.8. The molecule has 0 bridgehead atoms. The van der Waals surface area contributed by atoms with Crippen LogP contribution in [0.2, 0.25) is 0 Å². The maximum absolute atomic E-state index is 14.4. The van der Waals surface area contributed by atoms with E-state index in [9.17, 15) is 30.7 Å². The molecule has 0 atom stereocenters. The molecule has 38 heavy (non-hydrogen) atoms. The molecule has 0 aliphatic rings. The van der Waals surface area contributed by atoms with Gasteiger partial charge >= 0.3 is 12.4 Å². The third-order valence-electron chi connectivity index (χ3n) is 5.72. The summed E-state index contributed by atoms with van der Waals surface area (Å²) in [7, 11) is 0. The van der Waals surface area contributed by atoms with Crippen LogP contribution >= 0.6 is 0 Å². The molecular formula is C27H19F7N2O2. The molecule has 4 N–H and O–H groups in total. The van der Waals surface area contributed by atoms with Crippen LogP contribution in [0, 0.1) is 5.82 Å². The van der Waals surface area contributed by atoms with Gasteiger partial charge in [0, 0.05) is 17.4 Å². The third-order valence-corrected chi connectivity index (χ3v) is 5.72.